The Balaban J connectivity index is 1.63. The highest BCUT2D eigenvalue weighted by molar-refractivity contribution is 5.89. The maximum Gasteiger partial charge on any atom is 0.337 e. The number of aliphatic carboxylic acids is 1. The van der Waals surface area contributed by atoms with E-state index in [0.717, 1.165) is 22.4 Å². The van der Waals surface area contributed by atoms with E-state index in [-0.39, 0.29) is 5.97 Å². The first-order valence-electron chi connectivity index (χ1n) is 8.45. The standard InChI is InChI=1S/C20H21NO5/c1-25-20(24)14-4-2-13(3-5-14)12-26-17-8-6-16-11-21-18(19(22)23)9-7-15(16)10-17/h2-6,8,10,18,21H,7,9,11-12H2,1H3,(H,22,23). The number of nitrogens with one attached hydrogen (secondary N) is 1. The van der Waals surface area contributed by atoms with Crippen LogP contribution in [0, 0.1) is 0 Å². The van der Waals surface area contributed by atoms with Gasteiger partial charge in [0.2, 0.25) is 0 Å². The van der Waals surface area contributed by atoms with Crippen molar-refractivity contribution < 1.29 is 24.2 Å². The maximum absolute atomic E-state index is 11.4. The molecule has 2 N–H and O–H groups in total. The van der Waals surface area contributed by atoms with Crippen LogP contribution in [0.25, 0.3) is 0 Å². The van der Waals surface area contributed by atoms with Crippen LogP contribution in [0.4, 0.5) is 0 Å². The van der Waals surface area contributed by atoms with Gasteiger partial charge in [-0.1, -0.05) is 18.2 Å². The van der Waals surface area contributed by atoms with Gasteiger partial charge in [-0.25, -0.2) is 4.79 Å². The molecule has 0 amide bonds. The largest absolute Gasteiger partial charge is 0.489 e. The van der Waals surface area contributed by atoms with Gasteiger partial charge in [0.25, 0.3) is 0 Å². The molecule has 1 atom stereocenters. The van der Waals surface area contributed by atoms with E-state index in [1.807, 2.05) is 30.3 Å². The van der Waals surface area contributed by atoms with Crippen LogP contribution in [-0.4, -0.2) is 30.2 Å². The minimum Gasteiger partial charge on any atom is -0.489 e. The van der Waals surface area contributed by atoms with Crippen molar-refractivity contribution in [3.05, 3.63) is 64.7 Å². The number of esters is 1. The van der Waals surface area contributed by atoms with Gasteiger partial charge in [-0.15, -0.1) is 0 Å². The fraction of sp³-hybridized carbons (Fsp3) is 0.300. The smallest absolute Gasteiger partial charge is 0.337 e. The number of carbonyl (C=O) groups is 2. The number of fused-ring (bicyclic) bond motifs is 1. The number of hydrogen-bond acceptors (Lipinski definition) is 5. The lowest BCUT2D eigenvalue weighted by Gasteiger charge is -2.11. The molecular weight excluding hydrogens is 334 g/mol. The van der Waals surface area contributed by atoms with Gasteiger partial charge < -0.3 is 19.9 Å². The fourth-order valence-electron chi connectivity index (χ4n) is 2.96. The number of aryl methyl sites for hydroxylation is 1. The second kappa shape index (κ2) is 8.01. The minimum atomic E-state index is -0.815. The lowest BCUT2D eigenvalue weighted by molar-refractivity contribution is -0.139. The molecule has 0 fully saturated rings. The molecule has 0 aromatic heterocycles. The van der Waals surface area contributed by atoms with Gasteiger partial charge in [-0.05, 0) is 53.8 Å². The molecule has 0 saturated heterocycles. The van der Waals surface area contributed by atoms with E-state index in [1.165, 1.54) is 7.11 Å². The second-order valence-corrected chi connectivity index (χ2v) is 6.22. The average Bonchev–Trinajstić information content (AvgIpc) is 2.88. The summed E-state index contributed by atoms with van der Waals surface area (Å²) >= 11 is 0. The molecule has 0 saturated carbocycles. The zero-order valence-electron chi connectivity index (χ0n) is 14.5. The Kier molecular flexibility index (Phi) is 5.53. The van der Waals surface area contributed by atoms with Crippen molar-refractivity contribution >= 4 is 11.9 Å². The molecule has 1 heterocycles. The first kappa shape index (κ1) is 17.9. The molecule has 0 aliphatic carbocycles. The molecule has 6 heteroatoms. The molecule has 0 spiro atoms. The third kappa shape index (κ3) is 4.21. The van der Waals surface area contributed by atoms with Crippen LogP contribution in [0.1, 0.15) is 33.5 Å². The molecule has 3 rings (SSSR count). The third-order valence-electron chi connectivity index (χ3n) is 4.50. The summed E-state index contributed by atoms with van der Waals surface area (Å²) in [6.07, 6.45) is 1.26. The molecule has 26 heavy (non-hydrogen) atoms. The topological polar surface area (TPSA) is 84.9 Å². The Morgan fingerprint density at radius 2 is 1.92 bits per heavy atom. The van der Waals surface area contributed by atoms with Crippen molar-refractivity contribution in [3.63, 3.8) is 0 Å². The molecule has 0 bridgehead atoms. The zero-order valence-corrected chi connectivity index (χ0v) is 14.5. The van der Waals surface area contributed by atoms with Crippen molar-refractivity contribution in [1.82, 2.24) is 5.32 Å². The van der Waals surface area contributed by atoms with Crippen LogP contribution in [0.2, 0.25) is 0 Å². The van der Waals surface area contributed by atoms with E-state index in [2.05, 4.69) is 10.1 Å². The van der Waals surface area contributed by atoms with Gasteiger partial charge in [0.15, 0.2) is 0 Å². The van der Waals surface area contributed by atoms with Crippen molar-refractivity contribution in [2.24, 2.45) is 0 Å². The second-order valence-electron chi connectivity index (χ2n) is 6.22. The van der Waals surface area contributed by atoms with Crippen LogP contribution in [-0.2, 0) is 29.1 Å². The molecule has 1 aliphatic rings. The van der Waals surface area contributed by atoms with Crippen LogP contribution >= 0.6 is 0 Å². The van der Waals surface area contributed by atoms with Crippen molar-refractivity contribution in [2.45, 2.75) is 32.0 Å². The molecule has 1 unspecified atom stereocenters. The van der Waals surface area contributed by atoms with Gasteiger partial charge in [0.1, 0.15) is 18.4 Å². The average molecular weight is 355 g/mol. The lowest BCUT2D eigenvalue weighted by atomic mass is 10.0. The Morgan fingerprint density at radius 3 is 2.62 bits per heavy atom. The summed E-state index contributed by atoms with van der Waals surface area (Å²) in [6.45, 7) is 0.928. The zero-order chi connectivity index (χ0) is 18.5. The Labute approximate surface area is 151 Å². The molecule has 136 valence electrons. The van der Waals surface area contributed by atoms with E-state index in [4.69, 9.17) is 9.84 Å². The van der Waals surface area contributed by atoms with Gasteiger partial charge >= 0.3 is 11.9 Å². The number of carbonyl (C=O) groups excluding carboxylic acids is 1. The third-order valence-corrected chi connectivity index (χ3v) is 4.50. The maximum atomic E-state index is 11.4. The Hall–Kier alpha value is -2.86. The van der Waals surface area contributed by atoms with Crippen LogP contribution in [0.5, 0.6) is 5.75 Å². The summed E-state index contributed by atoms with van der Waals surface area (Å²) in [4.78, 5) is 22.6. The summed E-state index contributed by atoms with van der Waals surface area (Å²) in [5, 5.41) is 12.2. The van der Waals surface area contributed by atoms with Crippen LogP contribution in [0.15, 0.2) is 42.5 Å². The molecular formula is C20H21NO5. The highest BCUT2D eigenvalue weighted by atomic mass is 16.5. The quantitative estimate of drug-likeness (QED) is 0.802. The van der Waals surface area contributed by atoms with Gasteiger partial charge in [0, 0.05) is 6.54 Å². The highest BCUT2D eigenvalue weighted by Crippen LogP contribution is 2.23. The fourth-order valence-corrected chi connectivity index (χ4v) is 2.96. The summed E-state index contributed by atoms with van der Waals surface area (Å²) in [7, 11) is 1.35. The van der Waals surface area contributed by atoms with E-state index in [9.17, 15) is 9.59 Å². The molecule has 2 aromatic carbocycles. The SMILES string of the molecule is COC(=O)c1ccc(COc2ccc3c(c2)CCC(C(=O)O)NC3)cc1. The normalized spacial score (nSPS) is 16.3. The summed E-state index contributed by atoms with van der Waals surface area (Å²) in [5.74, 6) is -0.434. The summed E-state index contributed by atoms with van der Waals surface area (Å²) < 4.78 is 10.5. The monoisotopic (exact) mass is 355 g/mol. The number of carboxylic acids is 1. The summed E-state index contributed by atoms with van der Waals surface area (Å²) in [5.41, 5.74) is 3.66. The number of rotatable bonds is 5. The van der Waals surface area contributed by atoms with E-state index in [0.29, 0.717) is 31.6 Å². The van der Waals surface area contributed by atoms with Gasteiger partial charge in [-0.2, -0.15) is 0 Å². The number of carboxylic acid groups (broad SMARTS) is 1. The summed E-state index contributed by atoms with van der Waals surface area (Å²) in [6, 6.07) is 12.4. The van der Waals surface area contributed by atoms with E-state index >= 15 is 0 Å². The van der Waals surface area contributed by atoms with Gasteiger partial charge in [0.05, 0.1) is 12.7 Å². The predicted octanol–water partition coefficient (Wildman–Crippen LogP) is 2.54. The number of ether oxygens (including phenoxy) is 2. The molecule has 1 aliphatic heterocycles. The predicted molar refractivity (Wildman–Crippen MR) is 95.1 cm³/mol. The van der Waals surface area contributed by atoms with Crippen molar-refractivity contribution in [1.29, 1.82) is 0 Å². The van der Waals surface area contributed by atoms with E-state index < -0.39 is 12.0 Å². The first-order valence-corrected chi connectivity index (χ1v) is 8.45. The highest BCUT2D eigenvalue weighted by Gasteiger charge is 2.21. The minimum absolute atomic E-state index is 0.364. The molecule has 2 aromatic rings. The van der Waals surface area contributed by atoms with Crippen LogP contribution < -0.4 is 10.1 Å². The van der Waals surface area contributed by atoms with Gasteiger partial charge in [-0.3, -0.25) is 4.79 Å². The number of benzene rings is 2. The van der Waals surface area contributed by atoms with Crippen LogP contribution in [0.3, 0.4) is 0 Å². The first-order chi connectivity index (χ1) is 12.6. The number of methoxy groups -OCH3 is 1. The van der Waals surface area contributed by atoms with Crippen molar-refractivity contribution in [3.8, 4) is 5.75 Å². The number of hydrogen-bond donors (Lipinski definition) is 2. The lowest BCUT2D eigenvalue weighted by Crippen LogP contribution is -2.35. The van der Waals surface area contributed by atoms with E-state index in [1.54, 1.807) is 12.1 Å². The van der Waals surface area contributed by atoms with Crippen molar-refractivity contribution in [2.75, 3.05) is 7.11 Å². The molecule has 0 radical (unpaired) electrons. The molecule has 6 nitrogen and oxygen atoms in total. The Bertz CT molecular complexity index is 800. The Morgan fingerprint density at radius 1 is 1.15 bits per heavy atom.